The Kier molecular flexibility index (Phi) is 6.84. The number of rotatable bonds is 8. The lowest BCUT2D eigenvalue weighted by Gasteiger charge is -2.20. The minimum absolute atomic E-state index is 0.0155. The Hall–Kier alpha value is -2.39. The van der Waals surface area contributed by atoms with Crippen LogP contribution in [0.15, 0.2) is 23.1 Å². The number of sulfonamides is 1. The molecule has 0 radical (unpaired) electrons. The number of nitrogens with zero attached hydrogens (tertiary/aromatic N) is 3. The van der Waals surface area contributed by atoms with E-state index in [4.69, 9.17) is 0 Å². The van der Waals surface area contributed by atoms with E-state index in [2.05, 4.69) is 15.7 Å². The van der Waals surface area contributed by atoms with Crippen molar-refractivity contribution in [1.29, 1.82) is 0 Å². The van der Waals surface area contributed by atoms with E-state index in [9.17, 15) is 13.2 Å². The summed E-state index contributed by atoms with van der Waals surface area (Å²) in [5, 5.41) is 10.1. The van der Waals surface area contributed by atoms with Crippen molar-refractivity contribution in [3.8, 4) is 0 Å². The van der Waals surface area contributed by atoms with Crippen molar-refractivity contribution in [3.05, 3.63) is 35.2 Å². The number of hydrogen-bond acceptors (Lipinski definition) is 5. The van der Waals surface area contributed by atoms with E-state index in [0.717, 1.165) is 11.4 Å². The van der Waals surface area contributed by atoms with E-state index in [-0.39, 0.29) is 17.3 Å². The van der Waals surface area contributed by atoms with Gasteiger partial charge >= 0.3 is 0 Å². The molecule has 0 saturated heterocycles. The lowest BCUT2D eigenvalue weighted by atomic mass is 10.2. The van der Waals surface area contributed by atoms with Gasteiger partial charge in [0.2, 0.25) is 15.9 Å². The van der Waals surface area contributed by atoms with E-state index in [1.807, 2.05) is 34.7 Å². The Morgan fingerprint density at radius 2 is 1.82 bits per heavy atom. The fraction of sp³-hybridized carbons (Fsp3) is 0.474. The van der Waals surface area contributed by atoms with Crippen LogP contribution in [0.3, 0.4) is 0 Å². The normalized spacial score (nSPS) is 11.7. The van der Waals surface area contributed by atoms with Gasteiger partial charge in [0.1, 0.15) is 0 Å². The van der Waals surface area contributed by atoms with Crippen molar-refractivity contribution in [2.45, 2.75) is 39.5 Å². The zero-order valence-corrected chi connectivity index (χ0v) is 18.1. The lowest BCUT2D eigenvalue weighted by Crippen LogP contribution is -2.31. The molecule has 0 spiro atoms. The van der Waals surface area contributed by atoms with Crippen LogP contribution in [0.4, 0.5) is 11.4 Å². The molecule has 0 fully saturated rings. The molecule has 2 aromatic rings. The molecule has 0 bridgehead atoms. The monoisotopic (exact) mass is 407 g/mol. The fourth-order valence-electron chi connectivity index (χ4n) is 3.01. The smallest absolute Gasteiger partial charge is 0.243 e. The first-order chi connectivity index (χ1) is 13.1. The molecule has 0 unspecified atom stereocenters. The summed E-state index contributed by atoms with van der Waals surface area (Å²) < 4.78 is 28.8. The molecule has 2 rings (SSSR count). The topological polar surface area (TPSA) is 96.3 Å². The van der Waals surface area contributed by atoms with Crippen LogP contribution < -0.4 is 10.6 Å². The molecule has 1 amide bonds. The van der Waals surface area contributed by atoms with Gasteiger partial charge in [-0.1, -0.05) is 19.9 Å². The van der Waals surface area contributed by atoms with Gasteiger partial charge in [0, 0.05) is 25.8 Å². The molecule has 1 heterocycles. The van der Waals surface area contributed by atoms with Crippen molar-refractivity contribution in [2.24, 2.45) is 7.05 Å². The average molecular weight is 408 g/mol. The molecule has 8 nitrogen and oxygen atoms in total. The van der Waals surface area contributed by atoms with Gasteiger partial charge < -0.3 is 10.6 Å². The molecule has 1 aromatic heterocycles. The Morgan fingerprint density at radius 1 is 1.18 bits per heavy atom. The summed E-state index contributed by atoms with van der Waals surface area (Å²) in [5.74, 6) is -0.229. The van der Waals surface area contributed by atoms with Crippen molar-refractivity contribution in [2.75, 3.05) is 30.3 Å². The van der Waals surface area contributed by atoms with Crippen LogP contribution in [0, 0.1) is 20.8 Å². The fourth-order valence-corrected chi connectivity index (χ4v) is 4.72. The maximum atomic E-state index is 12.8. The van der Waals surface area contributed by atoms with Crippen LogP contribution in [0.5, 0.6) is 0 Å². The third-order valence-corrected chi connectivity index (χ3v) is 6.93. The third kappa shape index (κ3) is 4.53. The van der Waals surface area contributed by atoms with Gasteiger partial charge in [-0.15, -0.1) is 0 Å². The first-order valence-electron chi connectivity index (χ1n) is 9.26. The molecule has 0 aliphatic heterocycles. The quantitative estimate of drug-likeness (QED) is 0.701. The summed E-state index contributed by atoms with van der Waals surface area (Å²) in [6, 6.07) is 5.09. The van der Waals surface area contributed by atoms with E-state index in [0.29, 0.717) is 30.0 Å². The third-order valence-electron chi connectivity index (χ3n) is 4.74. The Balaban J connectivity index is 2.14. The van der Waals surface area contributed by atoms with E-state index < -0.39 is 10.0 Å². The molecule has 0 aliphatic carbocycles. The van der Waals surface area contributed by atoms with Crippen LogP contribution in [-0.2, 0) is 21.9 Å². The molecule has 0 saturated carbocycles. The number of carbonyl (C=O) groups is 1. The highest BCUT2D eigenvalue weighted by Crippen LogP contribution is 2.24. The lowest BCUT2D eigenvalue weighted by molar-refractivity contribution is -0.114. The zero-order valence-electron chi connectivity index (χ0n) is 17.3. The number of amides is 1. The first kappa shape index (κ1) is 21.9. The minimum Gasteiger partial charge on any atom is -0.376 e. The summed E-state index contributed by atoms with van der Waals surface area (Å²) in [4.78, 5) is 12.6. The second-order valence-electron chi connectivity index (χ2n) is 6.64. The van der Waals surface area contributed by atoms with Gasteiger partial charge in [-0.25, -0.2) is 8.42 Å². The van der Waals surface area contributed by atoms with Gasteiger partial charge in [0.15, 0.2) is 0 Å². The number of nitrogens with one attached hydrogen (secondary N) is 2. The zero-order chi connectivity index (χ0) is 21.1. The van der Waals surface area contributed by atoms with Gasteiger partial charge in [0.25, 0.3) is 0 Å². The van der Waals surface area contributed by atoms with Gasteiger partial charge in [0.05, 0.1) is 28.5 Å². The van der Waals surface area contributed by atoms with Gasteiger partial charge in [-0.05, 0) is 38.5 Å². The standard InChI is InChI=1S/C19H29N5O3S/c1-7-24(8-2)28(26,27)17-11-16(10-9-13(17)3)20-12-18(25)21-19-14(4)22-23(6)15(19)5/h9-11,20H,7-8,12H2,1-6H3,(H,21,25). The number of aryl methyl sites for hydroxylation is 3. The number of benzene rings is 1. The van der Waals surface area contributed by atoms with Gasteiger partial charge in [-0.2, -0.15) is 9.40 Å². The Morgan fingerprint density at radius 3 is 2.36 bits per heavy atom. The first-order valence-corrected chi connectivity index (χ1v) is 10.7. The summed E-state index contributed by atoms with van der Waals surface area (Å²) in [6.07, 6.45) is 0. The molecule has 9 heteroatoms. The van der Waals surface area contributed by atoms with Crippen LogP contribution in [0.1, 0.15) is 30.8 Å². The van der Waals surface area contributed by atoms with Crippen molar-refractivity contribution in [1.82, 2.24) is 14.1 Å². The summed E-state index contributed by atoms with van der Waals surface area (Å²) in [6.45, 7) is 9.93. The SMILES string of the molecule is CCN(CC)S(=O)(=O)c1cc(NCC(=O)Nc2c(C)nn(C)c2C)ccc1C. The summed E-state index contributed by atoms with van der Waals surface area (Å²) in [5.41, 5.74) is 3.56. The molecule has 154 valence electrons. The highest BCUT2D eigenvalue weighted by molar-refractivity contribution is 7.89. The van der Waals surface area contributed by atoms with E-state index in [1.54, 1.807) is 29.8 Å². The van der Waals surface area contributed by atoms with Crippen molar-refractivity contribution < 1.29 is 13.2 Å². The van der Waals surface area contributed by atoms with Crippen LogP contribution in [-0.4, -0.2) is 48.0 Å². The number of anilines is 2. The molecular formula is C19H29N5O3S. The van der Waals surface area contributed by atoms with Crippen molar-refractivity contribution in [3.63, 3.8) is 0 Å². The number of carbonyl (C=O) groups excluding carboxylic acids is 1. The number of aromatic nitrogens is 2. The summed E-state index contributed by atoms with van der Waals surface area (Å²) in [7, 11) is -1.75. The van der Waals surface area contributed by atoms with Crippen LogP contribution in [0.2, 0.25) is 0 Å². The Labute approximate surface area is 167 Å². The molecular weight excluding hydrogens is 378 g/mol. The molecule has 2 N–H and O–H groups in total. The second kappa shape index (κ2) is 8.74. The maximum absolute atomic E-state index is 12.8. The Bertz CT molecular complexity index is 962. The molecule has 0 atom stereocenters. The maximum Gasteiger partial charge on any atom is 0.243 e. The highest BCUT2D eigenvalue weighted by Gasteiger charge is 2.24. The minimum atomic E-state index is -3.57. The van der Waals surface area contributed by atoms with E-state index in [1.165, 1.54) is 4.31 Å². The highest BCUT2D eigenvalue weighted by atomic mass is 32.2. The number of hydrogen-bond donors (Lipinski definition) is 2. The predicted molar refractivity (Wildman–Crippen MR) is 111 cm³/mol. The second-order valence-corrected chi connectivity index (χ2v) is 8.55. The van der Waals surface area contributed by atoms with E-state index >= 15 is 0 Å². The van der Waals surface area contributed by atoms with Crippen LogP contribution in [0.25, 0.3) is 0 Å². The van der Waals surface area contributed by atoms with Gasteiger partial charge in [-0.3, -0.25) is 9.48 Å². The molecule has 0 aliphatic rings. The van der Waals surface area contributed by atoms with Crippen LogP contribution >= 0.6 is 0 Å². The average Bonchev–Trinajstić information content (AvgIpc) is 2.87. The molecule has 28 heavy (non-hydrogen) atoms. The van der Waals surface area contributed by atoms with Crippen molar-refractivity contribution >= 4 is 27.3 Å². The predicted octanol–water partition coefficient (Wildman–Crippen LogP) is 2.43. The largest absolute Gasteiger partial charge is 0.376 e. The summed E-state index contributed by atoms with van der Waals surface area (Å²) >= 11 is 0. The molecule has 1 aromatic carbocycles.